The Kier molecular flexibility index (Phi) is 4.69. The summed E-state index contributed by atoms with van der Waals surface area (Å²) in [5.41, 5.74) is 4.21. The Morgan fingerprint density at radius 1 is 1.06 bits per heavy atom. The van der Waals surface area contributed by atoms with Crippen LogP contribution in [0.5, 0.6) is 0 Å². The van der Waals surface area contributed by atoms with Crippen molar-refractivity contribution >= 4 is 39.0 Å². The lowest BCUT2D eigenvalue weighted by atomic mass is 10.1. The molecule has 1 fully saturated rings. The minimum Gasteiger partial charge on any atom is -0.368 e. The topological polar surface area (TPSA) is 121 Å². The molecule has 0 radical (unpaired) electrons. The minimum atomic E-state index is 0.371. The lowest BCUT2D eigenvalue weighted by Crippen LogP contribution is -2.54. The number of benzene rings is 2. The maximum atomic E-state index is 9.89. The average molecular weight is 426 g/mol. The lowest BCUT2D eigenvalue weighted by Gasteiger charge is -2.37. The molecule has 0 spiro atoms. The van der Waals surface area contributed by atoms with Gasteiger partial charge in [0, 0.05) is 55.2 Å². The van der Waals surface area contributed by atoms with Crippen LogP contribution in [0.15, 0.2) is 30.5 Å². The molecule has 0 saturated carbocycles. The van der Waals surface area contributed by atoms with E-state index in [0.717, 1.165) is 35.1 Å². The molecule has 0 unspecified atom stereocenters. The van der Waals surface area contributed by atoms with Crippen molar-refractivity contribution in [2.24, 2.45) is 7.05 Å². The maximum Gasteiger partial charge on any atom is 0.161 e. The van der Waals surface area contributed by atoms with Gasteiger partial charge in [0.25, 0.3) is 0 Å². The predicted octanol–water partition coefficient (Wildman–Crippen LogP) is 3.12. The van der Waals surface area contributed by atoms with E-state index in [1.165, 1.54) is 0 Å². The van der Waals surface area contributed by atoms with Crippen LogP contribution in [0.25, 0.3) is 21.8 Å². The number of aromatic nitrogens is 4. The van der Waals surface area contributed by atoms with E-state index >= 15 is 0 Å². The zero-order valence-electron chi connectivity index (χ0n) is 18.1. The Morgan fingerprint density at radius 2 is 1.81 bits per heavy atom. The van der Waals surface area contributed by atoms with E-state index in [9.17, 15) is 10.5 Å². The second-order valence-corrected chi connectivity index (χ2v) is 8.47. The molecular formula is C23H23N9. The zero-order chi connectivity index (χ0) is 22.4. The summed E-state index contributed by atoms with van der Waals surface area (Å²) in [6, 6.07) is 12.9. The van der Waals surface area contributed by atoms with Gasteiger partial charge in [0.2, 0.25) is 0 Å². The molecule has 1 aliphatic rings. The number of rotatable bonds is 3. The Morgan fingerprint density at radius 3 is 2.53 bits per heavy atom. The SMILES string of the molecule is C[C@H]1CN(c2cc(C#N)c3c(Nc4cc(C#N)c5nn(C)cc5c4)n[nH]c3c2)C[C@H](C)N1. The molecule has 1 saturated heterocycles. The van der Waals surface area contributed by atoms with Crippen molar-refractivity contribution in [2.45, 2.75) is 25.9 Å². The van der Waals surface area contributed by atoms with Crippen molar-refractivity contribution in [3.63, 3.8) is 0 Å². The molecule has 32 heavy (non-hydrogen) atoms. The summed E-state index contributed by atoms with van der Waals surface area (Å²) < 4.78 is 1.69. The van der Waals surface area contributed by atoms with Gasteiger partial charge < -0.3 is 15.5 Å². The molecule has 3 heterocycles. The molecule has 4 aromatic rings. The fourth-order valence-electron chi connectivity index (χ4n) is 4.59. The van der Waals surface area contributed by atoms with E-state index < -0.39 is 0 Å². The number of aromatic amines is 1. The van der Waals surface area contributed by atoms with Crippen LogP contribution in [0.2, 0.25) is 0 Å². The predicted molar refractivity (Wildman–Crippen MR) is 124 cm³/mol. The number of hydrogen-bond donors (Lipinski definition) is 3. The Labute approximate surface area is 185 Å². The first-order valence-corrected chi connectivity index (χ1v) is 10.5. The fourth-order valence-corrected chi connectivity index (χ4v) is 4.59. The average Bonchev–Trinajstić information content (AvgIpc) is 3.34. The maximum absolute atomic E-state index is 9.89. The highest BCUT2D eigenvalue weighted by molar-refractivity contribution is 5.99. The van der Waals surface area contributed by atoms with Gasteiger partial charge in [-0.3, -0.25) is 9.78 Å². The number of piperazine rings is 1. The number of fused-ring (bicyclic) bond motifs is 2. The van der Waals surface area contributed by atoms with Crippen LogP contribution in [0, 0.1) is 22.7 Å². The summed E-state index contributed by atoms with van der Waals surface area (Å²) in [5, 5.41) is 39.7. The monoisotopic (exact) mass is 425 g/mol. The second kappa shape index (κ2) is 7.56. The Balaban J connectivity index is 1.54. The third kappa shape index (κ3) is 3.39. The third-order valence-corrected chi connectivity index (χ3v) is 5.80. The summed E-state index contributed by atoms with van der Waals surface area (Å²) in [5.74, 6) is 0.553. The van der Waals surface area contributed by atoms with Crippen LogP contribution >= 0.6 is 0 Å². The number of hydrogen-bond acceptors (Lipinski definition) is 7. The van der Waals surface area contributed by atoms with Gasteiger partial charge >= 0.3 is 0 Å². The first kappa shape index (κ1) is 19.9. The van der Waals surface area contributed by atoms with Crippen LogP contribution in [0.4, 0.5) is 17.2 Å². The number of nitriles is 2. The highest BCUT2D eigenvalue weighted by atomic mass is 15.2. The van der Waals surface area contributed by atoms with Crippen LogP contribution in [0.1, 0.15) is 25.0 Å². The van der Waals surface area contributed by atoms with Gasteiger partial charge in [0.05, 0.1) is 22.0 Å². The molecule has 2 aromatic heterocycles. The van der Waals surface area contributed by atoms with Crippen LogP contribution in [0.3, 0.4) is 0 Å². The lowest BCUT2D eigenvalue weighted by molar-refractivity contribution is 0.407. The molecule has 2 aromatic carbocycles. The summed E-state index contributed by atoms with van der Waals surface area (Å²) in [4.78, 5) is 2.30. The van der Waals surface area contributed by atoms with E-state index in [1.807, 2.05) is 31.4 Å². The third-order valence-electron chi connectivity index (χ3n) is 5.80. The normalized spacial score (nSPS) is 18.6. The molecule has 9 nitrogen and oxygen atoms in total. The van der Waals surface area contributed by atoms with Crippen LogP contribution in [-0.2, 0) is 7.05 Å². The first-order chi connectivity index (χ1) is 15.4. The molecule has 0 aliphatic carbocycles. The van der Waals surface area contributed by atoms with Crippen molar-refractivity contribution in [2.75, 3.05) is 23.3 Å². The number of aryl methyl sites for hydroxylation is 1. The van der Waals surface area contributed by atoms with Gasteiger partial charge in [-0.15, -0.1) is 0 Å². The molecule has 3 N–H and O–H groups in total. The largest absolute Gasteiger partial charge is 0.368 e. The van der Waals surface area contributed by atoms with Crippen LogP contribution in [-0.4, -0.2) is 45.2 Å². The van der Waals surface area contributed by atoms with Gasteiger partial charge in [-0.25, -0.2) is 0 Å². The number of nitrogens with one attached hydrogen (secondary N) is 3. The Hall–Kier alpha value is -4.08. The zero-order valence-corrected chi connectivity index (χ0v) is 18.1. The number of nitrogens with zero attached hydrogens (tertiary/aromatic N) is 6. The molecule has 5 rings (SSSR count). The smallest absolute Gasteiger partial charge is 0.161 e. The Bertz CT molecular complexity index is 1410. The van der Waals surface area contributed by atoms with Crippen molar-refractivity contribution in [3.05, 3.63) is 41.6 Å². The second-order valence-electron chi connectivity index (χ2n) is 8.47. The number of anilines is 3. The molecule has 0 amide bonds. The summed E-state index contributed by atoms with van der Waals surface area (Å²) in [7, 11) is 1.83. The van der Waals surface area contributed by atoms with Gasteiger partial charge in [-0.1, -0.05) is 0 Å². The molecular weight excluding hydrogens is 402 g/mol. The molecule has 1 aliphatic heterocycles. The molecule has 2 atom stereocenters. The van der Waals surface area contributed by atoms with Gasteiger partial charge in [-0.05, 0) is 38.1 Å². The van der Waals surface area contributed by atoms with E-state index in [1.54, 1.807) is 10.7 Å². The minimum absolute atomic E-state index is 0.371. The molecule has 160 valence electrons. The summed E-state index contributed by atoms with van der Waals surface area (Å²) in [6.07, 6.45) is 1.87. The highest BCUT2D eigenvalue weighted by Gasteiger charge is 2.23. The van der Waals surface area contributed by atoms with E-state index in [2.05, 4.69) is 56.8 Å². The fraction of sp³-hybridized carbons (Fsp3) is 0.304. The molecule has 0 bridgehead atoms. The van der Waals surface area contributed by atoms with Crippen molar-refractivity contribution in [3.8, 4) is 12.1 Å². The summed E-state index contributed by atoms with van der Waals surface area (Å²) >= 11 is 0. The van der Waals surface area contributed by atoms with Crippen LogP contribution < -0.4 is 15.5 Å². The standard InChI is InChI=1S/C23H23N9/c1-13-10-32(11-14(2)26-13)19-6-15(8-24)21-20(7-19)28-29-23(21)27-18-4-16(9-25)22-17(5-18)12-31(3)30-22/h4-7,12-14,26H,10-11H2,1-3H3,(H2,27,28,29)/t13-,14-/m0/s1. The van der Waals surface area contributed by atoms with Crippen molar-refractivity contribution in [1.82, 2.24) is 25.3 Å². The highest BCUT2D eigenvalue weighted by Crippen LogP contribution is 2.33. The van der Waals surface area contributed by atoms with E-state index in [0.29, 0.717) is 40.2 Å². The van der Waals surface area contributed by atoms with Crippen molar-refractivity contribution in [1.29, 1.82) is 10.5 Å². The number of H-pyrrole nitrogens is 1. The quantitative estimate of drug-likeness (QED) is 0.461. The first-order valence-electron chi connectivity index (χ1n) is 10.5. The summed E-state index contributed by atoms with van der Waals surface area (Å²) in [6.45, 7) is 6.09. The van der Waals surface area contributed by atoms with Gasteiger partial charge in [-0.2, -0.15) is 20.7 Å². The molecule has 9 heteroatoms. The van der Waals surface area contributed by atoms with Crippen molar-refractivity contribution < 1.29 is 0 Å². The van der Waals surface area contributed by atoms with Gasteiger partial charge in [0.15, 0.2) is 5.82 Å². The van der Waals surface area contributed by atoms with Gasteiger partial charge in [0.1, 0.15) is 17.7 Å². The van der Waals surface area contributed by atoms with E-state index in [-0.39, 0.29) is 0 Å². The van der Waals surface area contributed by atoms with E-state index in [4.69, 9.17) is 0 Å².